The molecule has 0 spiro atoms. The van der Waals surface area contributed by atoms with Crippen LogP contribution < -0.4 is 10.6 Å². The molecular formula is C14H23BrN2. The first-order valence-corrected chi connectivity index (χ1v) is 7.08. The SMILES string of the molecule is CCC(CC)N(C)c1ccc([C@@H](C)N)cc1Br. The Morgan fingerprint density at radius 3 is 2.29 bits per heavy atom. The van der Waals surface area contributed by atoms with Gasteiger partial charge in [-0.3, -0.25) is 0 Å². The van der Waals surface area contributed by atoms with Crippen LogP contribution in [0.5, 0.6) is 0 Å². The maximum atomic E-state index is 5.89. The summed E-state index contributed by atoms with van der Waals surface area (Å²) in [4.78, 5) is 2.34. The summed E-state index contributed by atoms with van der Waals surface area (Å²) in [5, 5.41) is 0. The van der Waals surface area contributed by atoms with Crippen LogP contribution in [-0.4, -0.2) is 13.1 Å². The lowest BCUT2D eigenvalue weighted by molar-refractivity contribution is 0.591. The lowest BCUT2D eigenvalue weighted by Crippen LogP contribution is -2.30. The smallest absolute Gasteiger partial charge is 0.0510 e. The second-order valence-electron chi connectivity index (χ2n) is 4.58. The quantitative estimate of drug-likeness (QED) is 0.887. The van der Waals surface area contributed by atoms with Crippen molar-refractivity contribution in [3.63, 3.8) is 0 Å². The van der Waals surface area contributed by atoms with Gasteiger partial charge in [0.05, 0.1) is 5.69 Å². The predicted octanol–water partition coefficient (Wildman–Crippen LogP) is 4.09. The molecule has 1 rings (SSSR count). The fourth-order valence-corrected chi connectivity index (χ4v) is 2.80. The van der Waals surface area contributed by atoms with Crippen LogP contribution in [0.15, 0.2) is 22.7 Å². The highest BCUT2D eigenvalue weighted by molar-refractivity contribution is 9.10. The summed E-state index contributed by atoms with van der Waals surface area (Å²) in [5.74, 6) is 0. The Labute approximate surface area is 113 Å². The Bertz CT molecular complexity index is 359. The van der Waals surface area contributed by atoms with E-state index in [-0.39, 0.29) is 6.04 Å². The van der Waals surface area contributed by atoms with Crippen LogP contribution >= 0.6 is 15.9 Å². The van der Waals surface area contributed by atoms with Crippen molar-refractivity contribution in [2.45, 2.75) is 45.7 Å². The van der Waals surface area contributed by atoms with Crippen LogP contribution in [0.1, 0.15) is 45.2 Å². The highest BCUT2D eigenvalue weighted by atomic mass is 79.9. The summed E-state index contributed by atoms with van der Waals surface area (Å²) >= 11 is 3.65. The standard InChI is InChI=1S/C14H23BrN2/c1-5-12(6-2)17(4)14-8-7-11(10(3)16)9-13(14)15/h7-10,12H,5-6,16H2,1-4H3/t10-/m1/s1. The van der Waals surface area contributed by atoms with Gasteiger partial charge in [0, 0.05) is 23.6 Å². The summed E-state index contributed by atoms with van der Waals surface area (Å²) in [6, 6.07) is 7.06. The van der Waals surface area contributed by atoms with Crippen LogP contribution in [-0.2, 0) is 0 Å². The molecule has 1 atom stereocenters. The van der Waals surface area contributed by atoms with Gasteiger partial charge in [-0.1, -0.05) is 19.9 Å². The van der Waals surface area contributed by atoms with Crippen molar-refractivity contribution in [3.05, 3.63) is 28.2 Å². The zero-order valence-electron chi connectivity index (χ0n) is 11.2. The van der Waals surface area contributed by atoms with E-state index in [4.69, 9.17) is 5.73 Å². The van der Waals surface area contributed by atoms with Crippen molar-refractivity contribution in [2.24, 2.45) is 5.73 Å². The molecule has 3 heteroatoms. The second-order valence-corrected chi connectivity index (χ2v) is 5.44. The molecule has 0 heterocycles. The molecule has 0 bridgehead atoms. The van der Waals surface area contributed by atoms with Gasteiger partial charge in [0.2, 0.25) is 0 Å². The average molecular weight is 299 g/mol. The monoisotopic (exact) mass is 298 g/mol. The number of nitrogens with two attached hydrogens (primary N) is 1. The molecular weight excluding hydrogens is 276 g/mol. The van der Waals surface area contributed by atoms with Crippen LogP contribution in [0.25, 0.3) is 0 Å². The van der Waals surface area contributed by atoms with Crippen LogP contribution in [0.2, 0.25) is 0 Å². The number of anilines is 1. The summed E-state index contributed by atoms with van der Waals surface area (Å²) in [5.41, 5.74) is 8.29. The van der Waals surface area contributed by atoms with Gasteiger partial charge in [0.1, 0.15) is 0 Å². The van der Waals surface area contributed by atoms with E-state index in [9.17, 15) is 0 Å². The third-order valence-electron chi connectivity index (χ3n) is 3.37. The third-order valence-corrected chi connectivity index (χ3v) is 4.00. The molecule has 0 aliphatic carbocycles. The Morgan fingerprint density at radius 2 is 1.88 bits per heavy atom. The van der Waals surface area contributed by atoms with Gasteiger partial charge in [0.25, 0.3) is 0 Å². The normalized spacial score (nSPS) is 12.9. The maximum absolute atomic E-state index is 5.89. The van der Waals surface area contributed by atoms with Gasteiger partial charge < -0.3 is 10.6 Å². The molecule has 0 saturated heterocycles. The molecule has 0 fully saturated rings. The van der Waals surface area contributed by atoms with Crippen LogP contribution in [0, 0.1) is 0 Å². The van der Waals surface area contributed by atoms with E-state index < -0.39 is 0 Å². The molecule has 1 aromatic rings. The maximum Gasteiger partial charge on any atom is 0.0510 e. The van der Waals surface area contributed by atoms with Crippen molar-refractivity contribution < 1.29 is 0 Å². The van der Waals surface area contributed by atoms with Gasteiger partial charge in [0.15, 0.2) is 0 Å². The fourth-order valence-electron chi connectivity index (χ4n) is 2.13. The molecule has 2 nitrogen and oxygen atoms in total. The van der Waals surface area contributed by atoms with Crippen LogP contribution in [0.3, 0.4) is 0 Å². The fraction of sp³-hybridized carbons (Fsp3) is 0.571. The summed E-state index contributed by atoms with van der Waals surface area (Å²) in [6.07, 6.45) is 2.32. The number of rotatable bonds is 5. The first-order valence-electron chi connectivity index (χ1n) is 6.29. The minimum atomic E-state index is 0.0822. The molecule has 17 heavy (non-hydrogen) atoms. The van der Waals surface area contributed by atoms with Gasteiger partial charge in [-0.15, -0.1) is 0 Å². The molecule has 96 valence electrons. The van der Waals surface area contributed by atoms with Gasteiger partial charge in [-0.25, -0.2) is 0 Å². The summed E-state index contributed by atoms with van der Waals surface area (Å²) in [7, 11) is 2.16. The summed E-state index contributed by atoms with van der Waals surface area (Å²) < 4.78 is 1.13. The van der Waals surface area contributed by atoms with Gasteiger partial charge in [-0.2, -0.15) is 0 Å². The molecule has 0 aromatic heterocycles. The van der Waals surface area contributed by atoms with Crippen LogP contribution in [0.4, 0.5) is 5.69 Å². The van der Waals surface area contributed by atoms with E-state index in [1.807, 2.05) is 6.92 Å². The third kappa shape index (κ3) is 3.46. The Morgan fingerprint density at radius 1 is 1.29 bits per heavy atom. The zero-order chi connectivity index (χ0) is 13.0. The Balaban J connectivity index is 2.99. The number of hydrogen-bond donors (Lipinski definition) is 1. The number of hydrogen-bond acceptors (Lipinski definition) is 2. The molecule has 0 saturated carbocycles. The predicted molar refractivity (Wildman–Crippen MR) is 79.5 cm³/mol. The number of benzene rings is 1. The molecule has 0 radical (unpaired) electrons. The Hall–Kier alpha value is -0.540. The van der Waals surface area contributed by atoms with E-state index in [1.165, 1.54) is 11.3 Å². The first-order chi connectivity index (χ1) is 8.01. The molecule has 0 aliphatic rings. The average Bonchev–Trinajstić information content (AvgIpc) is 2.30. The van der Waals surface area contributed by atoms with Gasteiger partial charge >= 0.3 is 0 Å². The second kappa shape index (κ2) is 6.41. The van der Waals surface area contributed by atoms with Crippen molar-refractivity contribution in [1.82, 2.24) is 0 Å². The number of halogens is 1. The highest BCUT2D eigenvalue weighted by Crippen LogP contribution is 2.30. The summed E-state index contributed by atoms with van der Waals surface area (Å²) in [6.45, 7) is 6.47. The zero-order valence-corrected chi connectivity index (χ0v) is 12.8. The molecule has 0 aliphatic heterocycles. The molecule has 1 aromatic carbocycles. The van der Waals surface area contributed by atoms with Gasteiger partial charge in [-0.05, 0) is 53.4 Å². The Kier molecular flexibility index (Phi) is 5.47. The minimum absolute atomic E-state index is 0.0822. The topological polar surface area (TPSA) is 29.3 Å². The van der Waals surface area contributed by atoms with Crippen molar-refractivity contribution in [2.75, 3.05) is 11.9 Å². The van der Waals surface area contributed by atoms with E-state index in [1.54, 1.807) is 0 Å². The molecule has 2 N–H and O–H groups in total. The van der Waals surface area contributed by atoms with E-state index >= 15 is 0 Å². The highest BCUT2D eigenvalue weighted by Gasteiger charge is 2.14. The lowest BCUT2D eigenvalue weighted by Gasteiger charge is -2.29. The largest absolute Gasteiger partial charge is 0.371 e. The van der Waals surface area contributed by atoms with Crippen molar-refractivity contribution >= 4 is 21.6 Å². The van der Waals surface area contributed by atoms with E-state index in [2.05, 4.69) is 59.9 Å². The molecule has 0 unspecified atom stereocenters. The van der Waals surface area contributed by atoms with Crippen molar-refractivity contribution in [3.8, 4) is 0 Å². The number of nitrogens with zero attached hydrogens (tertiary/aromatic N) is 1. The first kappa shape index (κ1) is 14.5. The van der Waals surface area contributed by atoms with E-state index in [0.29, 0.717) is 6.04 Å². The van der Waals surface area contributed by atoms with E-state index in [0.717, 1.165) is 17.3 Å². The van der Waals surface area contributed by atoms with Crippen molar-refractivity contribution in [1.29, 1.82) is 0 Å². The molecule has 0 amide bonds. The minimum Gasteiger partial charge on any atom is -0.371 e. The lowest BCUT2D eigenvalue weighted by atomic mass is 10.1.